The van der Waals surface area contributed by atoms with Crippen molar-refractivity contribution in [1.29, 1.82) is 0 Å². The number of benzene rings is 1. The Bertz CT molecular complexity index is 551. The van der Waals surface area contributed by atoms with Crippen LogP contribution in [0.25, 0.3) is 0 Å². The topological polar surface area (TPSA) is 82.8 Å². The molecule has 0 atom stereocenters. The summed E-state index contributed by atoms with van der Waals surface area (Å²) in [6, 6.07) is 6.57. The van der Waals surface area contributed by atoms with Crippen LogP contribution in [-0.4, -0.2) is 49.0 Å². The Balaban J connectivity index is 1.65. The lowest BCUT2D eigenvalue weighted by Gasteiger charge is -2.20. The summed E-state index contributed by atoms with van der Waals surface area (Å²) >= 11 is 0. The third-order valence-corrected chi connectivity index (χ3v) is 4.47. The quantitative estimate of drug-likeness (QED) is 0.260. The van der Waals surface area contributed by atoms with Gasteiger partial charge < -0.3 is 15.5 Å². The smallest absolute Gasteiger partial charge is 0.269 e. The highest BCUT2D eigenvalue weighted by Crippen LogP contribution is 2.11. The second-order valence-electron chi connectivity index (χ2n) is 6.39. The van der Waals surface area contributed by atoms with Gasteiger partial charge in [-0.25, -0.2) is 0 Å². The van der Waals surface area contributed by atoms with Gasteiger partial charge in [-0.1, -0.05) is 25.0 Å². The van der Waals surface area contributed by atoms with Crippen LogP contribution in [0.1, 0.15) is 37.7 Å². The highest BCUT2D eigenvalue weighted by atomic mass is 16.6. The van der Waals surface area contributed by atoms with E-state index in [0.29, 0.717) is 6.54 Å². The van der Waals surface area contributed by atoms with Crippen LogP contribution < -0.4 is 10.6 Å². The molecule has 138 valence electrons. The van der Waals surface area contributed by atoms with Crippen LogP contribution in [0.4, 0.5) is 5.69 Å². The summed E-state index contributed by atoms with van der Waals surface area (Å²) in [5, 5.41) is 17.2. The molecular weight excluding hydrogens is 318 g/mol. The summed E-state index contributed by atoms with van der Waals surface area (Å²) in [6.45, 7) is 5.06. The number of hydrogen-bond acceptors (Lipinski definition) is 4. The zero-order valence-corrected chi connectivity index (χ0v) is 15.0. The van der Waals surface area contributed by atoms with Crippen LogP contribution in [-0.2, 0) is 6.54 Å². The Labute approximate surface area is 149 Å². The standard InChI is InChI=1S/C18H29N5O2/c1-19-18(20-11-6-14-22-12-4-2-3-5-13-22)21-15-16-7-9-17(10-8-16)23(24)25/h7-10H,2-6,11-15H2,1H3,(H2,19,20,21). The number of nitrogens with one attached hydrogen (secondary N) is 2. The molecule has 0 unspecified atom stereocenters. The molecular formula is C18H29N5O2. The maximum absolute atomic E-state index is 10.7. The number of nitrogens with zero attached hydrogens (tertiary/aromatic N) is 3. The van der Waals surface area contributed by atoms with E-state index >= 15 is 0 Å². The Morgan fingerprint density at radius 3 is 2.44 bits per heavy atom. The Morgan fingerprint density at radius 1 is 1.16 bits per heavy atom. The molecule has 1 aromatic rings. The van der Waals surface area contributed by atoms with E-state index in [9.17, 15) is 10.1 Å². The highest BCUT2D eigenvalue weighted by molar-refractivity contribution is 5.79. The van der Waals surface area contributed by atoms with Crippen molar-refractivity contribution >= 4 is 11.6 Å². The average molecular weight is 347 g/mol. The fraction of sp³-hybridized carbons (Fsp3) is 0.611. The van der Waals surface area contributed by atoms with Gasteiger partial charge in [0.25, 0.3) is 5.69 Å². The third kappa shape index (κ3) is 7.09. The molecule has 0 aliphatic carbocycles. The molecule has 7 nitrogen and oxygen atoms in total. The number of non-ortho nitro benzene ring substituents is 1. The number of nitro benzene ring substituents is 1. The van der Waals surface area contributed by atoms with E-state index in [1.165, 1.54) is 50.9 Å². The minimum atomic E-state index is -0.387. The summed E-state index contributed by atoms with van der Waals surface area (Å²) in [5.41, 5.74) is 1.10. The normalized spacial score (nSPS) is 16.3. The molecule has 1 fully saturated rings. The van der Waals surface area contributed by atoms with E-state index in [0.717, 1.165) is 31.0 Å². The van der Waals surface area contributed by atoms with Crippen molar-refractivity contribution in [2.75, 3.05) is 33.2 Å². The summed E-state index contributed by atoms with van der Waals surface area (Å²) in [7, 11) is 1.75. The first-order chi connectivity index (χ1) is 12.2. The minimum absolute atomic E-state index is 0.111. The van der Waals surface area contributed by atoms with Gasteiger partial charge in [-0.05, 0) is 44.5 Å². The van der Waals surface area contributed by atoms with Gasteiger partial charge in [-0.2, -0.15) is 0 Å². The van der Waals surface area contributed by atoms with E-state index in [4.69, 9.17) is 0 Å². The summed E-state index contributed by atoms with van der Waals surface area (Å²) < 4.78 is 0. The molecule has 25 heavy (non-hydrogen) atoms. The second kappa shape index (κ2) is 10.7. The first-order valence-electron chi connectivity index (χ1n) is 9.09. The largest absolute Gasteiger partial charge is 0.356 e. The molecule has 1 saturated heterocycles. The molecule has 0 amide bonds. The van der Waals surface area contributed by atoms with Crippen LogP contribution in [0, 0.1) is 10.1 Å². The van der Waals surface area contributed by atoms with Gasteiger partial charge >= 0.3 is 0 Å². The van der Waals surface area contributed by atoms with Crippen molar-refractivity contribution in [1.82, 2.24) is 15.5 Å². The number of guanidine groups is 1. The zero-order valence-electron chi connectivity index (χ0n) is 15.0. The van der Waals surface area contributed by atoms with Gasteiger partial charge in [-0.15, -0.1) is 0 Å². The fourth-order valence-electron chi connectivity index (χ4n) is 3.01. The second-order valence-corrected chi connectivity index (χ2v) is 6.39. The molecule has 7 heteroatoms. The number of nitro groups is 1. The molecule has 0 radical (unpaired) electrons. The lowest BCUT2D eigenvalue weighted by Crippen LogP contribution is -2.38. The van der Waals surface area contributed by atoms with Gasteiger partial charge in [0.2, 0.25) is 0 Å². The molecule has 1 aliphatic heterocycles. The maximum Gasteiger partial charge on any atom is 0.269 e. The van der Waals surface area contributed by atoms with E-state index in [1.54, 1.807) is 19.2 Å². The lowest BCUT2D eigenvalue weighted by molar-refractivity contribution is -0.384. The SMILES string of the molecule is CN=C(NCCCN1CCCCCC1)NCc1ccc([N+](=O)[O-])cc1. The molecule has 0 bridgehead atoms. The molecule has 1 aromatic carbocycles. The first kappa shape index (κ1) is 19.2. The van der Waals surface area contributed by atoms with Crippen LogP contribution in [0.3, 0.4) is 0 Å². The van der Waals surface area contributed by atoms with Gasteiger partial charge in [0, 0.05) is 32.3 Å². The molecule has 0 aromatic heterocycles. The third-order valence-electron chi connectivity index (χ3n) is 4.47. The molecule has 1 heterocycles. The monoisotopic (exact) mass is 347 g/mol. The summed E-state index contributed by atoms with van der Waals surface area (Å²) in [5.74, 6) is 0.759. The average Bonchev–Trinajstić information content (AvgIpc) is 2.90. The van der Waals surface area contributed by atoms with Crippen LogP contribution in [0.5, 0.6) is 0 Å². The fourth-order valence-corrected chi connectivity index (χ4v) is 3.01. The Hall–Kier alpha value is -2.15. The highest BCUT2D eigenvalue weighted by Gasteiger charge is 2.08. The van der Waals surface area contributed by atoms with E-state index in [2.05, 4.69) is 20.5 Å². The summed E-state index contributed by atoms with van der Waals surface area (Å²) in [6.07, 6.45) is 6.48. The molecule has 2 N–H and O–H groups in total. The van der Waals surface area contributed by atoms with Crippen molar-refractivity contribution in [3.05, 3.63) is 39.9 Å². The molecule has 0 spiro atoms. The van der Waals surface area contributed by atoms with Gasteiger partial charge in [0.05, 0.1) is 4.92 Å². The number of rotatable bonds is 7. The molecule has 0 saturated carbocycles. The predicted molar refractivity (Wildman–Crippen MR) is 101 cm³/mol. The minimum Gasteiger partial charge on any atom is -0.356 e. The first-order valence-corrected chi connectivity index (χ1v) is 9.09. The van der Waals surface area contributed by atoms with Crippen molar-refractivity contribution in [3.8, 4) is 0 Å². The van der Waals surface area contributed by atoms with E-state index in [1.807, 2.05) is 0 Å². The number of hydrogen-bond donors (Lipinski definition) is 2. The lowest BCUT2D eigenvalue weighted by atomic mass is 10.2. The zero-order chi connectivity index (χ0) is 17.9. The van der Waals surface area contributed by atoms with Crippen LogP contribution in [0.2, 0.25) is 0 Å². The maximum atomic E-state index is 10.7. The van der Waals surface area contributed by atoms with Gasteiger partial charge in [0.1, 0.15) is 0 Å². The summed E-state index contributed by atoms with van der Waals surface area (Å²) in [4.78, 5) is 17.1. The van der Waals surface area contributed by atoms with Crippen LogP contribution >= 0.6 is 0 Å². The Kier molecular flexibility index (Phi) is 8.18. The number of likely N-dealkylation sites (tertiary alicyclic amines) is 1. The van der Waals surface area contributed by atoms with Crippen molar-refractivity contribution in [3.63, 3.8) is 0 Å². The van der Waals surface area contributed by atoms with Crippen molar-refractivity contribution in [2.45, 2.75) is 38.6 Å². The van der Waals surface area contributed by atoms with Crippen molar-refractivity contribution < 1.29 is 4.92 Å². The van der Waals surface area contributed by atoms with Gasteiger partial charge in [-0.3, -0.25) is 15.1 Å². The number of aliphatic imine (C=N–C) groups is 1. The van der Waals surface area contributed by atoms with E-state index in [-0.39, 0.29) is 10.6 Å². The van der Waals surface area contributed by atoms with Crippen molar-refractivity contribution in [2.24, 2.45) is 4.99 Å². The molecule has 1 aliphatic rings. The predicted octanol–water partition coefficient (Wildman–Crippen LogP) is 2.53. The molecule has 2 rings (SSSR count). The van der Waals surface area contributed by atoms with Crippen LogP contribution in [0.15, 0.2) is 29.3 Å². The van der Waals surface area contributed by atoms with Gasteiger partial charge in [0.15, 0.2) is 5.96 Å². The Morgan fingerprint density at radius 2 is 1.84 bits per heavy atom. The van der Waals surface area contributed by atoms with E-state index < -0.39 is 0 Å².